The zero-order chi connectivity index (χ0) is 14.1. The van der Waals surface area contributed by atoms with Crippen LogP contribution in [0.15, 0.2) is 0 Å². The molecule has 1 unspecified atom stereocenters. The van der Waals surface area contributed by atoms with E-state index >= 15 is 0 Å². The van der Waals surface area contributed by atoms with Gasteiger partial charge in [0.2, 0.25) is 0 Å². The summed E-state index contributed by atoms with van der Waals surface area (Å²) in [4.78, 5) is 25.5. The number of ketones is 1. The van der Waals surface area contributed by atoms with E-state index in [4.69, 9.17) is 4.74 Å². The molecular formula is C14H25NO3. The van der Waals surface area contributed by atoms with Crippen LogP contribution in [0.3, 0.4) is 0 Å². The highest BCUT2D eigenvalue weighted by atomic mass is 16.6. The van der Waals surface area contributed by atoms with Crippen molar-refractivity contribution in [3.8, 4) is 0 Å². The Morgan fingerprint density at radius 2 is 1.83 bits per heavy atom. The first kappa shape index (κ1) is 15.0. The molecule has 1 saturated heterocycles. The Hall–Kier alpha value is -1.06. The van der Waals surface area contributed by atoms with Gasteiger partial charge in [-0.25, -0.2) is 4.79 Å². The molecule has 0 saturated carbocycles. The number of carbonyl (C=O) groups excluding carboxylic acids is 2. The molecule has 1 heterocycles. The average molecular weight is 255 g/mol. The van der Waals surface area contributed by atoms with E-state index in [2.05, 4.69) is 0 Å². The van der Waals surface area contributed by atoms with Gasteiger partial charge in [0.15, 0.2) is 0 Å². The third-order valence-electron chi connectivity index (χ3n) is 3.39. The Morgan fingerprint density at radius 3 is 2.22 bits per heavy atom. The van der Waals surface area contributed by atoms with Gasteiger partial charge in [0.05, 0.1) is 5.41 Å². The average Bonchev–Trinajstić information content (AvgIpc) is 2.19. The van der Waals surface area contributed by atoms with E-state index in [0.717, 1.165) is 6.42 Å². The topological polar surface area (TPSA) is 46.6 Å². The molecule has 0 aliphatic carbocycles. The van der Waals surface area contributed by atoms with Crippen molar-refractivity contribution in [3.63, 3.8) is 0 Å². The van der Waals surface area contributed by atoms with E-state index in [1.165, 1.54) is 0 Å². The van der Waals surface area contributed by atoms with Crippen molar-refractivity contribution >= 4 is 11.9 Å². The van der Waals surface area contributed by atoms with Crippen LogP contribution < -0.4 is 0 Å². The van der Waals surface area contributed by atoms with Gasteiger partial charge in [-0.3, -0.25) is 4.79 Å². The molecule has 0 spiro atoms. The molecule has 0 bridgehead atoms. The summed E-state index contributed by atoms with van der Waals surface area (Å²) in [6.07, 6.45) is 0.526. The second kappa shape index (κ2) is 4.90. The molecule has 4 nitrogen and oxygen atoms in total. The minimum atomic E-state index is -0.482. The number of likely N-dealkylation sites (tertiary alicyclic amines) is 1. The van der Waals surface area contributed by atoms with Crippen molar-refractivity contribution in [2.45, 2.75) is 53.6 Å². The van der Waals surface area contributed by atoms with Crippen LogP contribution in [0.2, 0.25) is 0 Å². The van der Waals surface area contributed by atoms with Gasteiger partial charge in [-0.1, -0.05) is 13.8 Å². The molecule has 0 radical (unpaired) electrons. The second-order valence-electron chi connectivity index (χ2n) is 6.57. The normalized spacial score (nSPS) is 20.0. The Bertz CT molecular complexity index is 337. The lowest BCUT2D eigenvalue weighted by atomic mass is 9.73. The zero-order valence-corrected chi connectivity index (χ0v) is 12.4. The molecule has 1 aliphatic rings. The lowest BCUT2D eigenvalue weighted by molar-refractivity contribution is -0.140. The van der Waals surface area contributed by atoms with Crippen LogP contribution in [0.5, 0.6) is 0 Å². The summed E-state index contributed by atoms with van der Waals surface area (Å²) >= 11 is 0. The molecule has 0 aromatic heterocycles. The summed E-state index contributed by atoms with van der Waals surface area (Å²) in [6, 6.07) is 0. The first-order valence-electron chi connectivity index (χ1n) is 6.61. The van der Waals surface area contributed by atoms with Crippen molar-refractivity contribution in [3.05, 3.63) is 0 Å². The zero-order valence-electron chi connectivity index (χ0n) is 12.4. The van der Waals surface area contributed by atoms with Crippen LogP contribution in [0, 0.1) is 11.3 Å². The number of nitrogens with zero attached hydrogens (tertiary/aromatic N) is 1. The fourth-order valence-corrected chi connectivity index (χ4v) is 2.19. The Balaban J connectivity index is 2.52. The van der Waals surface area contributed by atoms with Gasteiger partial charge in [0.25, 0.3) is 0 Å². The minimum Gasteiger partial charge on any atom is -0.444 e. The molecule has 1 rings (SSSR count). The number of ether oxygens (including phenoxy) is 1. The first-order chi connectivity index (χ1) is 8.09. The van der Waals surface area contributed by atoms with Gasteiger partial charge in [0, 0.05) is 19.0 Å². The fraction of sp³-hybridized carbons (Fsp3) is 0.857. The van der Waals surface area contributed by atoms with Crippen molar-refractivity contribution in [2.24, 2.45) is 11.3 Å². The molecule has 4 heteroatoms. The van der Waals surface area contributed by atoms with Gasteiger partial charge in [-0.2, -0.15) is 0 Å². The predicted molar refractivity (Wildman–Crippen MR) is 70.4 cm³/mol. The van der Waals surface area contributed by atoms with E-state index < -0.39 is 5.60 Å². The number of hydrogen-bond acceptors (Lipinski definition) is 3. The number of rotatable bonds is 3. The third-order valence-corrected chi connectivity index (χ3v) is 3.39. The van der Waals surface area contributed by atoms with Crippen LogP contribution >= 0.6 is 0 Å². The quantitative estimate of drug-likeness (QED) is 0.779. The van der Waals surface area contributed by atoms with E-state index in [9.17, 15) is 9.59 Å². The maximum atomic E-state index is 12.2. The van der Waals surface area contributed by atoms with E-state index in [1.807, 2.05) is 41.5 Å². The molecule has 1 amide bonds. The standard InChI is InChI=1S/C14H25NO3/c1-7-10(2)11(16)14(6)8-15(9-14)12(17)18-13(3,4)5/h10H,7-9H2,1-6H3. The molecule has 18 heavy (non-hydrogen) atoms. The van der Waals surface area contributed by atoms with Crippen LogP contribution in [-0.2, 0) is 9.53 Å². The highest BCUT2D eigenvalue weighted by Gasteiger charge is 2.48. The smallest absolute Gasteiger partial charge is 0.410 e. The summed E-state index contributed by atoms with van der Waals surface area (Å²) in [5.74, 6) is 0.320. The predicted octanol–water partition coefficient (Wildman–Crippen LogP) is 2.86. The maximum Gasteiger partial charge on any atom is 0.410 e. The summed E-state index contributed by atoms with van der Waals surface area (Å²) < 4.78 is 5.28. The maximum absolute atomic E-state index is 12.2. The lowest BCUT2D eigenvalue weighted by Crippen LogP contribution is -2.62. The van der Waals surface area contributed by atoms with Gasteiger partial charge in [0.1, 0.15) is 11.4 Å². The summed E-state index contributed by atoms with van der Waals surface area (Å²) in [5.41, 5.74) is -0.865. The summed E-state index contributed by atoms with van der Waals surface area (Å²) in [7, 11) is 0. The number of carbonyl (C=O) groups is 2. The Kier molecular flexibility index (Phi) is 4.08. The van der Waals surface area contributed by atoms with Gasteiger partial charge in [-0.05, 0) is 34.1 Å². The minimum absolute atomic E-state index is 0.0655. The molecular weight excluding hydrogens is 230 g/mol. The van der Waals surface area contributed by atoms with Crippen molar-refractivity contribution in [2.75, 3.05) is 13.1 Å². The largest absolute Gasteiger partial charge is 0.444 e. The van der Waals surface area contributed by atoms with Crippen LogP contribution in [0.25, 0.3) is 0 Å². The first-order valence-corrected chi connectivity index (χ1v) is 6.61. The Morgan fingerprint density at radius 1 is 1.33 bits per heavy atom. The SMILES string of the molecule is CCC(C)C(=O)C1(C)CN(C(=O)OC(C)(C)C)C1. The van der Waals surface area contributed by atoms with Crippen molar-refractivity contribution in [1.29, 1.82) is 0 Å². The number of hydrogen-bond donors (Lipinski definition) is 0. The summed E-state index contributed by atoms with van der Waals surface area (Å²) in [5, 5.41) is 0. The van der Waals surface area contributed by atoms with Gasteiger partial charge < -0.3 is 9.64 Å². The van der Waals surface area contributed by atoms with Crippen LogP contribution in [0.1, 0.15) is 48.0 Å². The highest BCUT2D eigenvalue weighted by molar-refractivity contribution is 5.89. The van der Waals surface area contributed by atoms with Crippen LogP contribution in [0.4, 0.5) is 4.79 Å². The van der Waals surface area contributed by atoms with Crippen molar-refractivity contribution < 1.29 is 14.3 Å². The van der Waals surface area contributed by atoms with E-state index in [1.54, 1.807) is 4.90 Å². The molecule has 1 aliphatic heterocycles. The lowest BCUT2D eigenvalue weighted by Gasteiger charge is -2.47. The third kappa shape index (κ3) is 3.24. The molecule has 1 fully saturated rings. The number of amides is 1. The monoisotopic (exact) mass is 255 g/mol. The molecule has 1 atom stereocenters. The molecule has 0 aromatic rings. The molecule has 0 aromatic carbocycles. The second-order valence-corrected chi connectivity index (χ2v) is 6.57. The Labute approximate surface area is 110 Å². The fourth-order valence-electron chi connectivity index (χ4n) is 2.19. The number of Topliss-reactive ketones (excluding diaryl/α,β-unsaturated/α-hetero) is 1. The van der Waals surface area contributed by atoms with E-state index in [0.29, 0.717) is 13.1 Å². The molecule has 0 N–H and O–H groups in total. The summed E-state index contributed by atoms with van der Waals surface area (Å²) in [6.45, 7) is 12.4. The van der Waals surface area contributed by atoms with E-state index in [-0.39, 0.29) is 23.2 Å². The van der Waals surface area contributed by atoms with Gasteiger partial charge in [-0.15, -0.1) is 0 Å². The highest BCUT2D eigenvalue weighted by Crippen LogP contribution is 2.34. The van der Waals surface area contributed by atoms with Gasteiger partial charge >= 0.3 is 6.09 Å². The van der Waals surface area contributed by atoms with Crippen LogP contribution in [-0.4, -0.2) is 35.5 Å². The molecule has 104 valence electrons. The van der Waals surface area contributed by atoms with Crippen molar-refractivity contribution in [1.82, 2.24) is 4.90 Å².